The van der Waals surface area contributed by atoms with Crippen molar-refractivity contribution < 1.29 is 0 Å². The highest BCUT2D eigenvalue weighted by Gasteiger charge is 2.03. The van der Waals surface area contributed by atoms with Gasteiger partial charge in [0.25, 0.3) is 0 Å². The Morgan fingerprint density at radius 1 is 0.615 bits per heavy atom. The molecule has 0 aliphatic heterocycles. The molecule has 0 spiro atoms. The Hall–Kier alpha value is -1.50. The van der Waals surface area contributed by atoms with Gasteiger partial charge in [0.1, 0.15) is 0 Å². The summed E-state index contributed by atoms with van der Waals surface area (Å²) < 4.78 is 0. The third-order valence-electron chi connectivity index (χ3n) is 3.04. The summed E-state index contributed by atoms with van der Waals surface area (Å²) in [4.78, 5) is 9.14. The molecule has 0 saturated heterocycles. The van der Waals surface area contributed by atoms with Gasteiger partial charge in [-0.05, 0) is 68.4 Å². The standard InChI is InChI=1S/C19H43N7/c1-14(2)23-18(24-15(3)4)21-11-9-10-20-12-13-22-19(25-16(5)6)26-17(7)8/h14-17,20H,9-13H2,1-8H3,(H2,21,23,24)(H2,22,25,26). The van der Waals surface area contributed by atoms with Crippen molar-refractivity contribution in [3.63, 3.8) is 0 Å². The van der Waals surface area contributed by atoms with Crippen LogP contribution in [0.3, 0.4) is 0 Å². The molecule has 0 bridgehead atoms. The Bertz CT molecular complexity index is 363. The van der Waals surface area contributed by atoms with Crippen LogP contribution in [0.25, 0.3) is 0 Å². The maximum Gasteiger partial charge on any atom is 0.191 e. The first-order valence-electron chi connectivity index (χ1n) is 10.1. The topological polar surface area (TPSA) is 84.9 Å². The number of rotatable bonds is 11. The van der Waals surface area contributed by atoms with Crippen LogP contribution in [0.15, 0.2) is 9.98 Å². The molecule has 0 saturated carbocycles. The van der Waals surface area contributed by atoms with E-state index in [2.05, 4.69) is 92.0 Å². The minimum Gasteiger partial charge on any atom is -0.356 e. The van der Waals surface area contributed by atoms with E-state index in [1.54, 1.807) is 0 Å². The van der Waals surface area contributed by atoms with Gasteiger partial charge in [-0.15, -0.1) is 0 Å². The lowest BCUT2D eigenvalue weighted by Gasteiger charge is -2.17. The molecule has 0 heterocycles. The van der Waals surface area contributed by atoms with E-state index in [-0.39, 0.29) is 12.1 Å². The largest absolute Gasteiger partial charge is 0.356 e. The molecule has 0 amide bonds. The van der Waals surface area contributed by atoms with Crippen molar-refractivity contribution in [1.29, 1.82) is 0 Å². The molecule has 0 radical (unpaired) electrons. The zero-order valence-electron chi connectivity index (χ0n) is 18.2. The molecule has 0 aromatic heterocycles. The predicted octanol–water partition coefficient (Wildman–Crippen LogP) is 1.67. The third kappa shape index (κ3) is 16.0. The Balaban J connectivity index is 3.92. The highest BCUT2D eigenvalue weighted by molar-refractivity contribution is 5.80. The predicted molar refractivity (Wildman–Crippen MR) is 115 cm³/mol. The van der Waals surface area contributed by atoms with E-state index in [9.17, 15) is 0 Å². The molecular formula is C19H43N7. The first-order valence-corrected chi connectivity index (χ1v) is 10.1. The highest BCUT2D eigenvalue weighted by Crippen LogP contribution is 1.88. The average molecular weight is 370 g/mol. The fourth-order valence-electron chi connectivity index (χ4n) is 2.15. The lowest BCUT2D eigenvalue weighted by Crippen LogP contribution is -2.44. The summed E-state index contributed by atoms with van der Waals surface area (Å²) in [6, 6.07) is 1.32. The van der Waals surface area contributed by atoms with Gasteiger partial charge < -0.3 is 26.6 Å². The number of nitrogens with zero attached hydrogens (tertiary/aromatic N) is 2. The molecule has 0 aliphatic carbocycles. The van der Waals surface area contributed by atoms with Crippen LogP contribution in [-0.2, 0) is 0 Å². The molecule has 0 atom stereocenters. The smallest absolute Gasteiger partial charge is 0.191 e. The van der Waals surface area contributed by atoms with E-state index in [4.69, 9.17) is 0 Å². The number of nitrogens with one attached hydrogen (secondary N) is 5. The maximum absolute atomic E-state index is 4.57. The summed E-state index contributed by atoms with van der Waals surface area (Å²) in [5.41, 5.74) is 0. The Morgan fingerprint density at radius 3 is 1.50 bits per heavy atom. The quantitative estimate of drug-likeness (QED) is 0.217. The van der Waals surface area contributed by atoms with Crippen LogP contribution in [0.2, 0.25) is 0 Å². The van der Waals surface area contributed by atoms with Gasteiger partial charge in [0.2, 0.25) is 0 Å². The van der Waals surface area contributed by atoms with Crippen molar-refractivity contribution in [3.05, 3.63) is 0 Å². The van der Waals surface area contributed by atoms with Gasteiger partial charge in [0, 0.05) is 43.8 Å². The zero-order valence-corrected chi connectivity index (χ0v) is 18.2. The van der Waals surface area contributed by atoms with E-state index in [0.717, 1.165) is 44.5 Å². The van der Waals surface area contributed by atoms with E-state index in [0.29, 0.717) is 12.1 Å². The summed E-state index contributed by atoms with van der Waals surface area (Å²) in [6.45, 7) is 20.5. The molecule has 7 heteroatoms. The fourth-order valence-corrected chi connectivity index (χ4v) is 2.15. The van der Waals surface area contributed by atoms with Crippen molar-refractivity contribution in [3.8, 4) is 0 Å². The van der Waals surface area contributed by atoms with Crippen molar-refractivity contribution in [2.75, 3.05) is 26.2 Å². The minimum absolute atomic E-state index is 0.281. The molecule has 26 heavy (non-hydrogen) atoms. The van der Waals surface area contributed by atoms with Crippen LogP contribution in [0.1, 0.15) is 61.8 Å². The van der Waals surface area contributed by atoms with Crippen LogP contribution in [-0.4, -0.2) is 62.3 Å². The van der Waals surface area contributed by atoms with Crippen molar-refractivity contribution in [2.24, 2.45) is 9.98 Å². The Kier molecular flexibility index (Phi) is 13.8. The van der Waals surface area contributed by atoms with E-state index in [1.165, 1.54) is 0 Å². The summed E-state index contributed by atoms with van der Waals surface area (Å²) in [5, 5.41) is 16.9. The molecule has 0 rings (SSSR count). The SMILES string of the molecule is CC(C)N=C(NCCCNCCNC(=NC(C)C)NC(C)C)NC(C)C. The van der Waals surface area contributed by atoms with Gasteiger partial charge in [-0.1, -0.05) is 0 Å². The van der Waals surface area contributed by atoms with Crippen LogP contribution >= 0.6 is 0 Å². The summed E-state index contributed by atoms with van der Waals surface area (Å²) in [5.74, 6) is 1.78. The van der Waals surface area contributed by atoms with Gasteiger partial charge >= 0.3 is 0 Å². The van der Waals surface area contributed by atoms with Crippen molar-refractivity contribution in [2.45, 2.75) is 86.0 Å². The first-order chi connectivity index (χ1) is 12.2. The Morgan fingerprint density at radius 2 is 1.08 bits per heavy atom. The number of aliphatic imine (C=N–C) groups is 2. The maximum atomic E-state index is 4.57. The molecule has 7 nitrogen and oxygen atoms in total. The van der Waals surface area contributed by atoms with E-state index < -0.39 is 0 Å². The normalized spacial score (nSPS) is 13.1. The molecular weight excluding hydrogens is 326 g/mol. The van der Waals surface area contributed by atoms with Gasteiger partial charge in [-0.25, -0.2) is 0 Å². The molecule has 0 aromatic carbocycles. The molecule has 0 fully saturated rings. The minimum atomic E-state index is 0.281. The molecule has 0 aromatic rings. The first kappa shape index (κ1) is 24.5. The summed E-state index contributed by atoms with van der Waals surface area (Å²) in [7, 11) is 0. The molecule has 154 valence electrons. The van der Waals surface area contributed by atoms with Crippen LogP contribution in [0.4, 0.5) is 0 Å². The summed E-state index contributed by atoms with van der Waals surface area (Å²) >= 11 is 0. The second-order valence-corrected chi connectivity index (χ2v) is 7.70. The second-order valence-electron chi connectivity index (χ2n) is 7.70. The second kappa shape index (κ2) is 14.6. The van der Waals surface area contributed by atoms with Gasteiger partial charge in [0.05, 0.1) is 0 Å². The van der Waals surface area contributed by atoms with E-state index >= 15 is 0 Å². The van der Waals surface area contributed by atoms with Crippen molar-refractivity contribution in [1.82, 2.24) is 26.6 Å². The van der Waals surface area contributed by atoms with Crippen LogP contribution in [0, 0.1) is 0 Å². The third-order valence-corrected chi connectivity index (χ3v) is 3.04. The Labute approximate surface area is 161 Å². The molecule has 0 unspecified atom stereocenters. The lowest BCUT2D eigenvalue weighted by atomic mass is 10.4. The summed E-state index contributed by atoms with van der Waals surface area (Å²) in [6.07, 6.45) is 1.05. The van der Waals surface area contributed by atoms with Crippen LogP contribution < -0.4 is 26.6 Å². The van der Waals surface area contributed by atoms with E-state index in [1.807, 2.05) is 0 Å². The van der Waals surface area contributed by atoms with Gasteiger partial charge in [-0.2, -0.15) is 0 Å². The number of hydrogen-bond donors (Lipinski definition) is 5. The monoisotopic (exact) mass is 369 g/mol. The lowest BCUT2D eigenvalue weighted by molar-refractivity contribution is 0.611. The number of hydrogen-bond acceptors (Lipinski definition) is 3. The highest BCUT2D eigenvalue weighted by atomic mass is 15.2. The van der Waals surface area contributed by atoms with Gasteiger partial charge in [0.15, 0.2) is 11.9 Å². The van der Waals surface area contributed by atoms with Crippen LogP contribution in [0.5, 0.6) is 0 Å². The average Bonchev–Trinajstić information content (AvgIpc) is 2.47. The molecule has 5 N–H and O–H groups in total. The zero-order chi connectivity index (χ0) is 19.9. The molecule has 0 aliphatic rings. The fraction of sp³-hybridized carbons (Fsp3) is 0.895. The van der Waals surface area contributed by atoms with Crippen molar-refractivity contribution >= 4 is 11.9 Å². The number of guanidine groups is 2. The van der Waals surface area contributed by atoms with Gasteiger partial charge in [-0.3, -0.25) is 9.98 Å².